The summed E-state index contributed by atoms with van der Waals surface area (Å²) in [4.78, 5) is 19.6. The maximum Gasteiger partial charge on any atom is 0.164 e. The van der Waals surface area contributed by atoms with Gasteiger partial charge >= 0.3 is 0 Å². The van der Waals surface area contributed by atoms with E-state index < -0.39 is 0 Å². The second-order valence-electron chi connectivity index (χ2n) is 12.3. The summed E-state index contributed by atoms with van der Waals surface area (Å²) in [5.74, 6) is 1.92. The maximum atomic E-state index is 6.38. The van der Waals surface area contributed by atoms with Crippen molar-refractivity contribution in [3.63, 3.8) is 0 Å². The molecule has 0 aliphatic rings. The van der Waals surface area contributed by atoms with E-state index in [4.69, 9.17) is 19.4 Å². The van der Waals surface area contributed by atoms with Gasteiger partial charge in [-0.25, -0.2) is 15.0 Å². The quantitative estimate of drug-likeness (QED) is 0.194. The van der Waals surface area contributed by atoms with Gasteiger partial charge < -0.3 is 4.42 Å². The summed E-state index contributed by atoms with van der Waals surface area (Å²) in [6.07, 6.45) is 1.83. The Hall–Kier alpha value is -6.72. The van der Waals surface area contributed by atoms with E-state index >= 15 is 0 Å². The Morgan fingerprint density at radius 3 is 1.92 bits per heavy atom. The normalized spacial score (nSPS) is 11.7. The topological polar surface area (TPSA) is 64.7 Å². The van der Waals surface area contributed by atoms with Gasteiger partial charge in [0.25, 0.3) is 0 Å². The van der Waals surface area contributed by atoms with E-state index in [9.17, 15) is 0 Å². The molecular weight excluding hydrogens is 601 g/mol. The van der Waals surface area contributed by atoms with Crippen LogP contribution in [0.4, 0.5) is 0 Å². The Balaban J connectivity index is 1.14. The van der Waals surface area contributed by atoms with Crippen LogP contribution in [0.2, 0.25) is 0 Å². The fourth-order valence-corrected chi connectivity index (χ4v) is 6.95. The van der Waals surface area contributed by atoms with Crippen molar-refractivity contribution >= 4 is 54.4 Å². The van der Waals surface area contributed by atoms with Gasteiger partial charge in [-0.15, -0.1) is 0 Å². The van der Waals surface area contributed by atoms with Gasteiger partial charge in [-0.3, -0.25) is 4.98 Å². The minimum absolute atomic E-state index is 0.631. The molecule has 0 unspecified atom stereocenters. The van der Waals surface area contributed by atoms with Crippen LogP contribution in [0, 0.1) is 0 Å². The molecule has 0 aliphatic carbocycles. The molecule has 5 heteroatoms. The third-order valence-electron chi connectivity index (χ3n) is 9.32. The van der Waals surface area contributed by atoms with Crippen molar-refractivity contribution in [3.8, 4) is 45.3 Å². The zero-order valence-corrected chi connectivity index (χ0v) is 26.2. The molecule has 7 aromatic carbocycles. The first-order valence-corrected chi connectivity index (χ1v) is 16.3. The average Bonchev–Trinajstić information content (AvgIpc) is 3.54. The van der Waals surface area contributed by atoms with Crippen LogP contribution < -0.4 is 0 Å². The van der Waals surface area contributed by atoms with Crippen molar-refractivity contribution in [1.82, 2.24) is 19.9 Å². The van der Waals surface area contributed by atoms with Crippen LogP contribution in [0.25, 0.3) is 99.7 Å². The van der Waals surface area contributed by atoms with Gasteiger partial charge in [-0.2, -0.15) is 0 Å². The minimum Gasteiger partial charge on any atom is -0.456 e. The number of fused-ring (bicyclic) bond motifs is 6. The van der Waals surface area contributed by atoms with E-state index in [1.807, 2.05) is 48.7 Å². The highest BCUT2D eigenvalue weighted by atomic mass is 16.3. The molecule has 228 valence electrons. The Morgan fingerprint density at radius 2 is 1.06 bits per heavy atom. The van der Waals surface area contributed by atoms with Crippen LogP contribution in [0.1, 0.15) is 0 Å². The molecule has 0 spiro atoms. The van der Waals surface area contributed by atoms with Crippen LogP contribution >= 0.6 is 0 Å². The molecule has 0 bridgehead atoms. The van der Waals surface area contributed by atoms with Gasteiger partial charge in [-0.1, -0.05) is 115 Å². The van der Waals surface area contributed by atoms with E-state index in [-0.39, 0.29) is 0 Å². The number of hydrogen-bond donors (Lipinski definition) is 0. The van der Waals surface area contributed by atoms with Crippen LogP contribution in [0.5, 0.6) is 0 Å². The molecule has 49 heavy (non-hydrogen) atoms. The summed E-state index contributed by atoms with van der Waals surface area (Å²) >= 11 is 0. The number of aromatic nitrogens is 4. The third kappa shape index (κ3) is 4.63. The first-order valence-electron chi connectivity index (χ1n) is 16.3. The smallest absolute Gasteiger partial charge is 0.164 e. The second-order valence-corrected chi connectivity index (χ2v) is 12.3. The molecule has 0 amide bonds. The lowest BCUT2D eigenvalue weighted by atomic mass is 9.93. The SMILES string of the molecule is c1ccc(-c2nc(-c3ccc4ccccc4c3)nc(-c3ccc4c(-c5cccc6oc7cc8cccnc8cc7c56)cccc4c3)n2)cc1. The highest BCUT2D eigenvalue weighted by Crippen LogP contribution is 2.41. The van der Waals surface area contributed by atoms with Gasteiger partial charge in [0.2, 0.25) is 0 Å². The molecule has 0 N–H and O–H groups in total. The Morgan fingerprint density at radius 1 is 0.388 bits per heavy atom. The number of hydrogen-bond acceptors (Lipinski definition) is 5. The zero-order chi connectivity index (χ0) is 32.3. The van der Waals surface area contributed by atoms with Crippen molar-refractivity contribution in [1.29, 1.82) is 0 Å². The standard InChI is InChI=1S/C44H26N4O/c1-2-10-28(11-3-1)42-46-43(32-19-18-27-9-4-5-12-29(27)23-32)48-44(47-42)33-20-21-34-30(24-33)13-6-15-35(34)36-16-7-17-39-41(36)37-26-38-31(14-8-22-45-38)25-40(37)49-39/h1-26H. The molecule has 0 radical (unpaired) electrons. The van der Waals surface area contributed by atoms with Crippen molar-refractivity contribution in [2.45, 2.75) is 0 Å². The molecule has 0 atom stereocenters. The van der Waals surface area contributed by atoms with E-state index in [0.29, 0.717) is 17.5 Å². The van der Waals surface area contributed by atoms with Crippen molar-refractivity contribution in [3.05, 3.63) is 158 Å². The number of benzene rings is 7. The largest absolute Gasteiger partial charge is 0.456 e. The van der Waals surface area contributed by atoms with E-state index in [0.717, 1.165) is 76.8 Å². The zero-order valence-electron chi connectivity index (χ0n) is 26.2. The number of nitrogens with zero attached hydrogens (tertiary/aromatic N) is 4. The van der Waals surface area contributed by atoms with Gasteiger partial charge in [0.05, 0.1) is 5.52 Å². The number of rotatable bonds is 4. The summed E-state index contributed by atoms with van der Waals surface area (Å²) in [5, 5.41) is 7.77. The fourth-order valence-electron chi connectivity index (χ4n) is 6.95. The fraction of sp³-hybridized carbons (Fsp3) is 0. The average molecular weight is 627 g/mol. The van der Waals surface area contributed by atoms with Crippen molar-refractivity contribution in [2.75, 3.05) is 0 Å². The molecule has 10 rings (SSSR count). The van der Waals surface area contributed by atoms with Crippen LogP contribution in [-0.4, -0.2) is 19.9 Å². The van der Waals surface area contributed by atoms with Crippen LogP contribution in [0.15, 0.2) is 162 Å². The minimum atomic E-state index is 0.631. The molecule has 10 aromatic rings. The molecule has 0 saturated heterocycles. The first kappa shape index (κ1) is 27.4. The maximum absolute atomic E-state index is 6.38. The molecule has 3 aromatic heterocycles. The van der Waals surface area contributed by atoms with Gasteiger partial charge in [0.15, 0.2) is 17.5 Å². The van der Waals surface area contributed by atoms with E-state index in [2.05, 4.69) is 114 Å². The Labute approximate surface area is 281 Å². The second kappa shape index (κ2) is 10.9. The predicted molar refractivity (Wildman–Crippen MR) is 199 cm³/mol. The van der Waals surface area contributed by atoms with Crippen LogP contribution in [0.3, 0.4) is 0 Å². The van der Waals surface area contributed by atoms with E-state index in [1.54, 1.807) is 0 Å². The summed E-state index contributed by atoms with van der Waals surface area (Å²) in [5.41, 5.74) is 7.74. The Bertz CT molecular complexity index is 2890. The first-order chi connectivity index (χ1) is 24.2. The molecule has 0 aliphatic heterocycles. The molecule has 0 saturated carbocycles. The van der Waals surface area contributed by atoms with Gasteiger partial charge in [-0.05, 0) is 69.1 Å². The summed E-state index contributed by atoms with van der Waals surface area (Å²) < 4.78 is 6.38. The predicted octanol–water partition coefficient (Wildman–Crippen LogP) is 11.3. The highest BCUT2D eigenvalue weighted by molar-refractivity contribution is 6.17. The lowest BCUT2D eigenvalue weighted by Crippen LogP contribution is -2.00. The molecular formula is C44H26N4O. The summed E-state index contributed by atoms with van der Waals surface area (Å²) in [6.45, 7) is 0. The monoisotopic (exact) mass is 626 g/mol. The number of furan rings is 1. The van der Waals surface area contributed by atoms with Crippen LogP contribution in [-0.2, 0) is 0 Å². The van der Waals surface area contributed by atoms with Gasteiger partial charge in [0, 0.05) is 39.0 Å². The van der Waals surface area contributed by atoms with E-state index in [1.165, 1.54) is 5.39 Å². The third-order valence-corrected chi connectivity index (χ3v) is 9.32. The van der Waals surface area contributed by atoms with Crippen molar-refractivity contribution < 1.29 is 4.42 Å². The summed E-state index contributed by atoms with van der Waals surface area (Å²) in [6, 6.07) is 52.2. The molecule has 3 heterocycles. The molecule has 5 nitrogen and oxygen atoms in total. The number of pyridine rings is 1. The lowest BCUT2D eigenvalue weighted by Gasteiger charge is -2.12. The Kier molecular flexibility index (Phi) is 6.11. The van der Waals surface area contributed by atoms with Gasteiger partial charge in [0.1, 0.15) is 11.2 Å². The highest BCUT2D eigenvalue weighted by Gasteiger charge is 2.17. The lowest BCUT2D eigenvalue weighted by molar-refractivity contribution is 0.669. The summed E-state index contributed by atoms with van der Waals surface area (Å²) in [7, 11) is 0. The van der Waals surface area contributed by atoms with Crippen molar-refractivity contribution in [2.24, 2.45) is 0 Å². The molecule has 0 fully saturated rings.